The third-order valence-electron chi connectivity index (χ3n) is 1.98. The van der Waals surface area contributed by atoms with Crippen molar-refractivity contribution < 1.29 is 21.6 Å². The zero-order valence-electron chi connectivity index (χ0n) is 9.49. The van der Waals surface area contributed by atoms with Crippen molar-refractivity contribution in [2.75, 3.05) is 0 Å². The number of aryl methyl sites for hydroxylation is 1. The zero-order chi connectivity index (χ0) is 14.1. The highest BCUT2D eigenvalue weighted by Crippen LogP contribution is 2.23. The molecule has 0 amide bonds. The lowest BCUT2D eigenvalue weighted by molar-refractivity contribution is -0.137. The number of hydrogen-bond donors (Lipinski definition) is 1. The van der Waals surface area contributed by atoms with E-state index in [1.807, 2.05) is 4.72 Å². The van der Waals surface area contributed by atoms with Crippen LogP contribution in [-0.4, -0.2) is 30.2 Å². The molecule has 5 nitrogen and oxygen atoms in total. The summed E-state index contributed by atoms with van der Waals surface area (Å²) in [6, 6.07) is -1.30. The van der Waals surface area contributed by atoms with Gasteiger partial charge in [-0.05, 0) is 6.92 Å². The molecular weight excluding hydrogens is 295 g/mol. The Bertz CT molecular complexity index is 526. The van der Waals surface area contributed by atoms with Crippen LogP contribution in [0.2, 0.25) is 5.15 Å². The Labute approximate surface area is 107 Å². The minimum Gasteiger partial charge on any atom is -0.324 e. The van der Waals surface area contributed by atoms with Gasteiger partial charge in [0.05, 0.1) is 12.7 Å². The maximum absolute atomic E-state index is 12.1. The number of halogens is 4. The number of alkyl halides is 3. The molecule has 0 bridgehead atoms. The van der Waals surface area contributed by atoms with Crippen molar-refractivity contribution in [1.82, 2.24) is 14.3 Å². The number of aromatic nitrogens is 2. The summed E-state index contributed by atoms with van der Waals surface area (Å²) >= 11 is 5.67. The van der Waals surface area contributed by atoms with Crippen molar-refractivity contribution in [2.45, 2.75) is 30.6 Å². The first-order valence-corrected chi connectivity index (χ1v) is 6.65. The molecule has 0 aliphatic heterocycles. The minimum absolute atomic E-state index is 0.165. The van der Waals surface area contributed by atoms with Crippen molar-refractivity contribution in [3.8, 4) is 0 Å². The van der Waals surface area contributed by atoms with E-state index in [1.165, 1.54) is 11.6 Å². The average molecular weight is 306 g/mol. The summed E-state index contributed by atoms with van der Waals surface area (Å²) in [5.41, 5.74) is 0. The fraction of sp³-hybridized carbons (Fsp3) is 0.625. The normalized spacial score (nSPS) is 14.8. The Morgan fingerprint density at radius 2 is 2.11 bits per heavy atom. The van der Waals surface area contributed by atoms with Crippen LogP contribution in [0.5, 0.6) is 0 Å². The van der Waals surface area contributed by atoms with Gasteiger partial charge in [-0.2, -0.15) is 13.2 Å². The first kappa shape index (κ1) is 15.3. The summed E-state index contributed by atoms with van der Waals surface area (Å²) in [6.45, 7) is 1.11. The van der Waals surface area contributed by atoms with E-state index in [-0.39, 0.29) is 5.15 Å². The Hall–Kier alpha value is -0.800. The SMILES string of the molecule is CC(CC(F)(F)F)NS(=O)(=O)c1ncn(C)c1Cl. The smallest absolute Gasteiger partial charge is 0.324 e. The van der Waals surface area contributed by atoms with Crippen LogP contribution in [-0.2, 0) is 17.1 Å². The van der Waals surface area contributed by atoms with E-state index >= 15 is 0 Å². The molecule has 1 heterocycles. The quantitative estimate of drug-likeness (QED) is 0.921. The van der Waals surface area contributed by atoms with E-state index in [9.17, 15) is 21.6 Å². The molecule has 1 aromatic heterocycles. The molecule has 0 aliphatic carbocycles. The molecule has 1 aromatic rings. The molecule has 1 N–H and O–H groups in total. The van der Waals surface area contributed by atoms with E-state index in [4.69, 9.17) is 11.6 Å². The van der Waals surface area contributed by atoms with Gasteiger partial charge >= 0.3 is 6.18 Å². The van der Waals surface area contributed by atoms with Crippen molar-refractivity contribution in [1.29, 1.82) is 0 Å². The minimum atomic E-state index is -4.45. The summed E-state index contributed by atoms with van der Waals surface area (Å²) in [5.74, 6) is 0. The molecule has 0 aliphatic rings. The van der Waals surface area contributed by atoms with Gasteiger partial charge in [0.2, 0.25) is 5.03 Å². The maximum Gasteiger partial charge on any atom is 0.390 e. The van der Waals surface area contributed by atoms with Crippen LogP contribution in [0.15, 0.2) is 11.4 Å². The Morgan fingerprint density at radius 1 is 1.56 bits per heavy atom. The number of nitrogens with zero attached hydrogens (tertiary/aromatic N) is 2. The average Bonchev–Trinajstić information content (AvgIpc) is 2.43. The van der Waals surface area contributed by atoms with Crippen LogP contribution in [0.3, 0.4) is 0 Å². The second-order valence-corrected chi connectivity index (χ2v) is 5.78. The molecule has 0 saturated heterocycles. The van der Waals surface area contributed by atoms with Crippen molar-refractivity contribution >= 4 is 21.6 Å². The van der Waals surface area contributed by atoms with Gasteiger partial charge in [0.25, 0.3) is 10.0 Å². The molecule has 1 unspecified atom stereocenters. The first-order valence-electron chi connectivity index (χ1n) is 4.79. The van der Waals surface area contributed by atoms with Gasteiger partial charge in [0.1, 0.15) is 5.15 Å². The molecular formula is C8H11ClF3N3O2S. The predicted octanol–water partition coefficient (Wildman–Crippen LogP) is 1.69. The van der Waals surface area contributed by atoms with Gasteiger partial charge < -0.3 is 4.57 Å². The molecule has 1 rings (SSSR count). The lowest BCUT2D eigenvalue weighted by Crippen LogP contribution is -2.36. The highest BCUT2D eigenvalue weighted by atomic mass is 35.5. The number of imidazole rings is 1. The highest BCUT2D eigenvalue weighted by Gasteiger charge is 2.33. The van der Waals surface area contributed by atoms with E-state index in [0.717, 1.165) is 13.3 Å². The van der Waals surface area contributed by atoms with Gasteiger partial charge in [-0.15, -0.1) is 0 Å². The van der Waals surface area contributed by atoms with E-state index in [2.05, 4.69) is 4.98 Å². The fourth-order valence-electron chi connectivity index (χ4n) is 1.28. The maximum atomic E-state index is 12.1. The van der Waals surface area contributed by atoms with Gasteiger partial charge in [-0.25, -0.2) is 18.1 Å². The molecule has 18 heavy (non-hydrogen) atoms. The predicted molar refractivity (Wildman–Crippen MR) is 58.7 cm³/mol. The van der Waals surface area contributed by atoms with Crippen molar-refractivity contribution in [2.24, 2.45) is 7.05 Å². The number of nitrogens with one attached hydrogen (secondary N) is 1. The standard InChI is InChI=1S/C8H11ClF3N3O2S/c1-5(3-8(10,11)12)14-18(16,17)7-6(9)15(2)4-13-7/h4-5,14H,3H2,1-2H3. The Morgan fingerprint density at radius 3 is 2.50 bits per heavy atom. The summed E-state index contributed by atoms with van der Waals surface area (Å²) in [5, 5.41) is -0.651. The second-order valence-electron chi connectivity index (χ2n) is 3.79. The second kappa shape index (κ2) is 5.06. The van der Waals surface area contributed by atoms with Crippen LogP contribution in [0.4, 0.5) is 13.2 Å². The molecule has 1 atom stereocenters. The van der Waals surface area contributed by atoms with Crippen LogP contribution >= 0.6 is 11.6 Å². The molecule has 0 aromatic carbocycles. The number of sulfonamides is 1. The number of hydrogen-bond acceptors (Lipinski definition) is 3. The van der Waals surface area contributed by atoms with Gasteiger partial charge in [0, 0.05) is 13.1 Å². The zero-order valence-corrected chi connectivity index (χ0v) is 11.1. The van der Waals surface area contributed by atoms with Gasteiger partial charge in [0.15, 0.2) is 0 Å². The highest BCUT2D eigenvalue weighted by molar-refractivity contribution is 7.89. The Kier molecular flexibility index (Phi) is 4.29. The van der Waals surface area contributed by atoms with Gasteiger partial charge in [-0.3, -0.25) is 0 Å². The summed E-state index contributed by atoms with van der Waals surface area (Å²) < 4.78 is 62.8. The van der Waals surface area contributed by atoms with E-state index in [1.54, 1.807) is 0 Å². The van der Waals surface area contributed by atoms with E-state index < -0.39 is 33.7 Å². The van der Waals surface area contributed by atoms with Crippen LogP contribution in [0.25, 0.3) is 0 Å². The van der Waals surface area contributed by atoms with Crippen molar-refractivity contribution in [3.05, 3.63) is 11.5 Å². The molecule has 0 radical (unpaired) electrons. The van der Waals surface area contributed by atoms with Crippen molar-refractivity contribution in [3.63, 3.8) is 0 Å². The monoisotopic (exact) mass is 305 g/mol. The summed E-state index contributed by atoms with van der Waals surface area (Å²) in [6.07, 6.45) is -4.56. The number of rotatable bonds is 4. The summed E-state index contributed by atoms with van der Waals surface area (Å²) in [4.78, 5) is 3.54. The van der Waals surface area contributed by atoms with Crippen LogP contribution in [0.1, 0.15) is 13.3 Å². The van der Waals surface area contributed by atoms with Gasteiger partial charge in [-0.1, -0.05) is 11.6 Å². The van der Waals surface area contributed by atoms with Crippen LogP contribution < -0.4 is 4.72 Å². The fourth-order valence-corrected chi connectivity index (χ4v) is 2.96. The molecule has 0 spiro atoms. The lowest BCUT2D eigenvalue weighted by atomic mass is 10.2. The topological polar surface area (TPSA) is 64.0 Å². The molecule has 0 fully saturated rings. The lowest BCUT2D eigenvalue weighted by Gasteiger charge is -2.15. The third kappa shape index (κ3) is 3.85. The molecule has 10 heteroatoms. The molecule has 104 valence electrons. The first-order chi connectivity index (χ1) is 8.03. The third-order valence-corrected chi connectivity index (χ3v) is 4.06. The van der Waals surface area contributed by atoms with Crippen LogP contribution in [0, 0.1) is 0 Å². The summed E-state index contributed by atoms with van der Waals surface area (Å²) in [7, 11) is -2.69. The Balaban J connectivity index is 2.87. The largest absolute Gasteiger partial charge is 0.390 e. The molecule has 0 saturated carbocycles. The van der Waals surface area contributed by atoms with E-state index in [0.29, 0.717) is 0 Å².